The maximum absolute atomic E-state index is 5.41. The summed E-state index contributed by atoms with van der Waals surface area (Å²) in [6, 6.07) is 5.96. The highest BCUT2D eigenvalue weighted by Crippen LogP contribution is 2.32. The van der Waals surface area contributed by atoms with Crippen LogP contribution in [0.25, 0.3) is 0 Å². The molecule has 1 heterocycles. The molecule has 0 atom stereocenters. The number of aliphatic imine (C=N–C) groups is 1. The molecule has 0 spiro atoms. The van der Waals surface area contributed by atoms with Gasteiger partial charge in [0.05, 0.1) is 6.54 Å². The van der Waals surface area contributed by atoms with Crippen molar-refractivity contribution in [3.05, 3.63) is 23.8 Å². The largest absolute Gasteiger partial charge is 0.454 e. The van der Waals surface area contributed by atoms with Crippen LogP contribution in [-0.4, -0.2) is 50.9 Å². The monoisotopic (exact) mass is 334 g/mol. The number of fused-ring (bicyclic) bond motifs is 1. The maximum atomic E-state index is 5.41. The second-order valence-electron chi connectivity index (χ2n) is 5.97. The zero-order valence-electron chi connectivity index (χ0n) is 15.1. The predicted octanol–water partition coefficient (Wildman–Crippen LogP) is 2.20. The molecular weight excluding hydrogens is 304 g/mol. The molecule has 0 saturated heterocycles. The van der Waals surface area contributed by atoms with Gasteiger partial charge < -0.3 is 25.0 Å². The van der Waals surface area contributed by atoms with E-state index < -0.39 is 0 Å². The minimum atomic E-state index is 0.303. The molecule has 0 saturated carbocycles. The van der Waals surface area contributed by atoms with E-state index in [1.165, 1.54) is 12.8 Å². The Bertz CT molecular complexity index is 534. The van der Waals surface area contributed by atoms with Gasteiger partial charge >= 0.3 is 0 Å². The van der Waals surface area contributed by atoms with Crippen molar-refractivity contribution in [2.75, 3.05) is 40.0 Å². The molecule has 0 aliphatic carbocycles. The molecule has 1 aliphatic rings. The van der Waals surface area contributed by atoms with E-state index in [-0.39, 0.29) is 0 Å². The first-order valence-corrected chi connectivity index (χ1v) is 8.82. The maximum Gasteiger partial charge on any atom is 0.231 e. The Labute approximate surface area is 145 Å². The second kappa shape index (κ2) is 10.0. The van der Waals surface area contributed by atoms with Crippen molar-refractivity contribution in [3.8, 4) is 11.5 Å². The molecule has 1 aromatic rings. The van der Waals surface area contributed by atoms with E-state index in [1.54, 1.807) is 0 Å². The second-order valence-corrected chi connectivity index (χ2v) is 5.97. The molecule has 2 rings (SSSR count). The van der Waals surface area contributed by atoms with Gasteiger partial charge in [-0.15, -0.1) is 0 Å². The van der Waals surface area contributed by atoms with Gasteiger partial charge in [-0.3, -0.25) is 0 Å². The molecular formula is C18H30N4O2. The summed E-state index contributed by atoms with van der Waals surface area (Å²) < 4.78 is 10.7. The van der Waals surface area contributed by atoms with Crippen molar-refractivity contribution in [2.45, 2.75) is 33.2 Å². The summed E-state index contributed by atoms with van der Waals surface area (Å²) in [7, 11) is 2.16. The zero-order chi connectivity index (χ0) is 17.2. The average molecular weight is 334 g/mol. The summed E-state index contributed by atoms with van der Waals surface area (Å²) in [6.45, 7) is 9.09. The first-order chi connectivity index (χ1) is 11.7. The molecule has 2 N–H and O–H groups in total. The molecule has 0 aromatic heterocycles. The van der Waals surface area contributed by atoms with Crippen LogP contribution in [0, 0.1) is 0 Å². The van der Waals surface area contributed by atoms with Crippen molar-refractivity contribution in [3.63, 3.8) is 0 Å². The van der Waals surface area contributed by atoms with Crippen molar-refractivity contribution < 1.29 is 9.47 Å². The number of hydrogen-bond donors (Lipinski definition) is 2. The lowest BCUT2D eigenvalue weighted by Crippen LogP contribution is -2.41. The topological polar surface area (TPSA) is 58.1 Å². The van der Waals surface area contributed by atoms with Crippen molar-refractivity contribution >= 4 is 5.96 Å². The normalized spacial score (nSPS) is 13.4. The first kappa shape index (κ1) is 18.4. The molecule has 0 unspecified atom stereocenters. The lowest BCUT2D eigenvalue weighted by molar-refractivity contribution is 0.174. The Kier molecular flexibility index (Phi) is 7.68. The molecule has 1 aliphatic heterocycles. The van der Waals surface area contributed by atoms with Gasteiger partial charge in [-0.2, -0.15) is 0 Å². The van der Waals surface area contributed by atoms with Gasteiger partial charge in [0.2, 0.25) is 6.79 Å². The van der Waals surface area contributed by atoms with Gasteiger partial charge in [-0.25, -0.2) is 4.99 Å². The highest BCUT2D eigenvalue weighted by Gasteiger charge is 2.12. The van der Waals surface area contributed by atoms with Gasteiger partial charge in [0.25, 0.3) is 0 Å². The number of ether oxygens (including phenoxy) is 2. The molecule has 24 heavy (non-hydrogen) atoms. The third-order valence-corrected chi connectivity index (χ3v) is 3.88. The van der Waals surface area contributed by atoms with Crippen LogP contribution >= 0.6 is 0 Å². The van der Waals surface area contributed by atoms with Gasteiger partial charge in [0.1, 0.15) is 0 Å². The Morgan fingerprint density at radius 2 is 2.00 bits per heavy atom. The summed E-state index contributed by atoms with van der Waals surface area (Å²) in [5, 5.41) is 6.68. The third-order valence-electron chi connectivity index (χ3n) is 3.88. The fourth-order valence-electron chi connectivity index (χ4n) is 2.46. The van der Waals surface area contributed by atoms with E-state index in [0.717, 1.165) is 49.2 Å². The predicted molar refractivity (Wildman–Crippen MR) is 97.8 cm³/mol. The minimum Gasteiger partial charge on any atom is -0.454 e. The van der Waals surface area contributed by atoms with Crippen LogP contribution in [0.1, 0.15) is 32.3 Å². The molecule has 134 valence electrons. The fourth-order valence-corrected chi connectivity index (χ4v) is 2.46. The molecule has 0 fully saturated rings. The summed E-state index contributed by atoms with van der Waals surface area (Å²) in [5.74, 6) is 2.46. The Morgan fingerprint density at radius 3 is 2.79 bits per heavy atom. The summed E-state index contributed by atoms with van der Waals surface area (Å²) >= 11 is 0. The highest BCUT2D eigenvalue weighted by atomic mass is 16.7. The third kappa shape index (κ3) is 5.92. The number of unbranched alkanes of at least 4 members (excludes halogenated alkanes) is 1. The van der Waals surface area contributed by atoms with Crippen LogP contribution < -0.4 is 20.1 Å². The lowest BCUT2D eigenvalue weighted by Gasteiger charge is -2.17. The van der Waals surface area contributed by atoms with Crippen LogP contribution in [0.5, 0.6) is 11.5 Å². The average Bonchev–Trinajstić information content (AvgIpc) is 3.05. The SMILES string of the molecule is CCCCN(C)CCNC(=NCc1ccc2c(c1)OCO2)NCC. The first-order valence-electron chi connectivity index (χ1n) is 8.82. The number of likely N-dealkylation sites (N-methyl/N-ethyl adjacent to an activating group) is 1. The van der Waals surface area contributed by atoms with Gasteiger partial charge in [0.15, 0.2) is 17.5 Å². The zero-order valence-corrected chi connectivity index (χ0v) is 15.1. The molecule has 6 nitrogen and oxygen atoms in total. The summed E-state index contributed by atoms with van der Waals surface area (Å²) in [6.07, 6.45) is 2.48. The molecule has 6 heteroatoms. The van der Waals surface area contributed by atoms with E-state index in [0.29, 0.717) is 13.3 Å². The number of guanidine groups is 1. The smallest absolute Gasteiger partial charge is 0.231 e. The van der Waals surface area contributed by atoms with E-state index in [2.05, 4.69) is 41.4 Å². The van der Waals surface area contributed by atoms with Crippen LogP contribution in [0.2, 0.25) is 0 Å². The van der Waals surface area contributed by atoms with Crippen molar-refractivity contribution in [1.82, 2.24) is 15.5 Å². The Balaban J connectivity index is 1.81. The van der Waals surface area contributed by atoms with Gasteiger partial charge in [-0.1, -0.05) is 19.4 Å². The van der Waals surface area contributed by atoms with Gasteiger partial charge in [0, 0.05) is 19.6 Å². The van der Waals surface area contributed by atoms with Crippen molar-refractivity contribution in [1.29, 1.82) is 0 Å². The van der Waals surface area contributed by atoms with E-state index in [9.17, 15) is 0 Å². The Hall–Kier alpha value is -1.95. The molecule has 0 radical (unpaired) electrons. The lowest BCUT2D eigenvalue weighted by atomic mass is 10.2. The van der Waals surface area contributed by atoms with Crippen molar-refractivity contribution in [2.24, 2.45) is 4.99 Å². The molecule has 0 bridgehead atoms. The summed E-state index contributed by atoms with van der Waals surface area (Å²) in [4.78, 5) is 6.99. The Morgan fingerprint density at radius 1 is 1.17 bits per heavy atom. The highest BCUT2D eigenvalue weighted by molar-refractivity contribution is 5.79. The number of nitrogens with zero attached hydrogens (tertiary/aromatic N) is 2. The number of hydrogen-bond acceptors (Lipinski definition) is 4. The molecule has 1 aromatic carbocycles. The quantitative estimate of drug-likeness (QED) is 0.536. The van der Waals surface area contributed by atoms with E-state index in [4.69, 9.17) is 9.47 Å². The standard InChI is InChI=1S/C18H30N4O2/c1-4-6-10-22(3)11-9-20-18(19-5-2)21-13-15-7-8-16-17(12-15)24-14-23-16/h7-8,12H,4-6,9-11,13-14H2,1-3H3,(H2,19,20,21). The molecule has 0 amide bonds. The van der Waals surface area contributed by atoms with Crippen LogP contribution in [-0.2, 0) is 6.54 Å². The number of rotatable bonds is 9. The van der Waals surface area contributed by atoms with Crippen LogP contribution in [0.3, 0.4) is 0 Å². The van der Waals surface area contributed by atoms with Crippen LogP contribution in [0.15, 0.2) is 23.2 Å². The summed E-state index contributed by atoms with van der Waals surface area (Å²) in [5.41, 5.74) is 1.11. The number of nitrogens with one attached hydrogen (secondary N) is 2. The van der Waals surface area contributed by atoms with E-state index in [1.807, 2.05) is 18.2 Å². The minimum absolute atomic E-state index is 0.303. The van der Waals surface area contributed by atoms with Crippen LogP contribution in [0.4, 0.5) is 0 Å². The van der Waals surface area contributed by atoms with E-state index >= 15 is 0 Å². The fraction of sp³-hybridized carbons (Fsp3) is 0.611. The number of benzene rings is 1. The van der Waals surface area contributed by atoms with Gasteiger partial charge in [-0.05, 0) is 44.6 Å².